The minimum atomic E-state index is -0.878. The second-order valence-corrected chi connectivity index (χ2v) is 7.00. The van der Waals surface area contributed by atoms with Gasteiger partial charge < -0.3 is 20.5 Å². The van der Waals surface area contributed by atoms with Gasteiger partial charge in [0, 0.05) is 18.2 Å². The number of nitrogens with one attached hydrogen (secondary N) is 2. The number of amides is 2. The van der Waals surface area contributed by atoms with Crippen LogP contribution in [0.3, 0.4) is 0 Å². The monoisotopic (exact) mass is 367 g/mol. The number of hydrogen-bond donors (Lipinski definition) is 3. The number of pyridine rings is 1. The second kappa shape index (κ2) is 6.66. The summed E-state index contributed by atoms with van der Waals surface area (Å²) in [6, 6.07) is 9.24. The number of anilines is 1. The number of hydrogen-bond acceptors (Lipinski definition) is 5. The molecule has 1 aliphatic heterocycles. The third kappa shape index (κ3) is 2.94. The maximum Gasteiger partial charge on any atom is 0.228 e. The highest BCUT2D eigenvalue weighted by Crippen LogP contribution is 2.40. The molecule has 0 radical (unpaired) electrons. The van der Waals surface area contributed by atoms with Gasteiger partial charge in [0.25, 0.3) is 0 Å². The number of ether oxygens (including phenoxy) is 1. The molecule has 2 amide bonds. The Hall–Kier alpha value is -2.93. The lowest BCUT2D eigenvalue weighted by atomic mass is 9.88. The Morgan fingerprint density at radius 1 is 1.44 bits per heavy atom. The van der Waals surface area contributed by atoms with E-state index in [-0.39, 0.29) is 24.8 Å². The number of benzene rings is 1. The fourth-order valence-electron chi connectivity index (χ4n) is 4.00. The van der Waals surface area contributed by atoms with Crippen LogP contribution in [0.5, 0.6) is 5.75 Å². The molecule has 2 aromatic rings. The Kier molecular flexibility index (Phi) is 4.31. The van der Waals surface area contributed by atoms with E-state index in [4.69, 9.17) is 4.74 Å². The summed E-state index contributed by atoms with van der Waals surface area (Å²) in [7, 11) is 1.58. The maximum atomic E-state index is 13.1. The highest BCUT2D eigenvalue weighted by molar-refractivity contribution is 6.00. The summed E-state index contributed by atoms with van der Waals surface area (Å²) in [5, 5.41) is 15.9. The lowest BCUT2D eigenvalue weighted by Crippen LogP contribution is -2.49. The number of methoxy groups -OCH3 is 1. The largest absolute Gasteiger partial charge is 0.497 e. The Labute approximate surface area is 156 Å². The Bertz CT molecular complexity index is 914. The topological polar surface area (TPSA) is 101 Å². The normalized spacial score (nSPS) is 23.2. The van der Waals surface area contributed by atoms with Crippen molar-refractivity contribution in [3.63, 3.8) is 0 Å². The van der Waals surface area contributed by atoms with Crippen LogP contribution in [-0.4, -0.2) is 35.6 Å². The van der Waals surface area contributed by atoms with Crippen LogP contribution in [0.1, 0.15) is 35.4 Å². The molecule has 0 saturated heterocycles. The van der Waals surface area contributed by atoms with E-state index >= 15 is 0 Å². The van der Waals surface area contributed by atoms with E-state index in [0.29, 0.717) is 23.6 Å². The molecule has 2 aliphatic rings. The zero-order chi connectivity index (χ0) is 19.0. The number of carbonyl (C=O) groups excluding carboxylic acids is 2. The number of carbonyl (C=O) groups is 2. The molecule has 2 unspecified atom stereocenters. The molecule has 7 nitrogen and oxygen atoms in total. The minimum absolute atomic E-state index is 0.0526. The fourth-order valence-corrected chi connectivity index (χ4v) is 4.00. The molecule has 2 heterocycles. The van der Waals surface area contributed by atoms with Gasteiger partial charge in [-0.1, -0.05) is 12.1 Å². The molecule has 0 saturated carbocycles. The predicted molar refractivity (Wildman–Crippen MR) is 98.4 cm³/mol. The highest BCUT2D eigenvalue weighted by atomic mass is 16.5. The van der Waals surface area contributed by atoms with Crippen LogP contribution in [0.2, 0.25) is 0 Å². The second-order valence-electron chi connectivity index (χ2n) is 7.00. The third-order valence-corrected chi connectivity index (χ3v) is 5.46. The minimum Gasteiger partial charge on any atom is -0.497 e. The Balaban J connectivity index is 1.66. The van der Waals surface area contributed by atoms with E-state index in [2.05, 4.69) is 15.6 Å². The summed E-state index contributed by atoms with van der Waals surface area (Å²) in [5.41, 5.74) is 1.75. The Morgan fingerprint density at radius 2 is 2.30 bits per heavy atom. The summed E-state index contributed by atoms with van der Waals surface area (Å²) >= 11 is 0. The van der Waals surface area contributed by atoms with Gasteiger partial charge in [0.15, 0.2) is 0 Å². The van der Waals surface area contributed by atoms with Gasteiger partial charge >= 0.3 is 0 Å². The molecule has 0 spiro atoms. The zero-order valence-electron chi connectivity index (χ0n) is 15.0. The molecule has 0 fully saturated rings. The third-order valence-electron chi connectivity index (χ3n) is 5.46. The molecule has 4 rings (SSSR count). The Morgan fingerprint density at radius 3 is 3.07 bits per heavy atom. The van der Waals surface area contributed by atoms with Gasteiger partial charge in [-0.15, -0.1) is 0 Å². The van der Waals surface area contributed by atoms with Gasteiger partial charge in [-0.05, 0) is 42.2 Å². The molecule has 1 aromatic heterocycles. The average molecular weight is 367 g/mol. The molecule has 7 heteroatoms. The van der Waals surface area contributed by atoms with Gasteiger partial charge in [0.05, 0.1) is 25.2 Å². The van der Waals surface area contributed by atoms with Crippen molar-refractivity contribution in [2.24, 2.45) is 0 Å². The molecule has 1 aromatic carbocycles. The molecular weight excluding hydrogens is 346 g/mol. The van der Waals surface area contributed by atoms with Crippen molar-refractivity contribution in [1.82, 2.24) is 10.3 Å². The van der Waals surface area contributed by atoms with E-state index in [1.807, 2.05) is 18.2 Å². The van der Waals surface area contributed by atoms with Crippen LogP contribution in [-0.2, 0) is 21.5 Å². The van der Waals surface area contributed by atoms with Crippen LogP contribution >= 0.6 is 0 Å². The van der Waals surface area contributed by atoms with Crippen LogP contribution in [0.4, 0.5) is 5.82 Å². The number of fused-ring (bicyclic) bond motifs is 2. The van der Waals surface area contributed by atoms with Crippen molar-refractivity contribution < 1.29 is 19.4 Å². The lowest BCUT2D eigenvalue weighted by molar-refractivity contribution is -0.128. The summed E-state index contributed by atoms with van der Waals surface area (Å²) in [5.74, 6) is -0.0769. The van der Waals surface area contributed by atoms with E-state index < -0.39 is 11.5 Å². The molecular formula is C20H21N3O4. The van der Waals surface area contributed by atoms with Crippen LogP contribution in [0.15, 0.2) is 36.5 Å². The number of aliphatic hydroxyl groups excluding tert-OH is 1. The number of aliphatic hydroxyl groups is 1. The van der Waals surface area contributed by atoms with Crippen molar-refractivity contribution in [2.45, 2.75) is 30.7 Å². The molecule has 2 atom stereocenters. The number of rotatable bonds is 4. The summed E-state index contributed by atoms with van der Waals surface area (Å²) < 4.78 is 5.30. The first-order valence-corrected chi connectivity index (χ1v) is 8.91. The van der Waals surface area contributed by atoms with Crippen LogP contribution in [0.25, 0.3) is 0 Å². The van der Waals surface area contributed by atoms with Crippen molar-refractivity contribution >= 4 is 17.6 Å². The number of aromatic nitrogens is 1. The highest BCUT2D eigenvalue weighted by Gasteiger charge is 2.42. The SMILES string of the molecule is COc1ccc2c(c1)C(CO)(NC(=O)C1CC(=O)Nc3ncccc31)CC2. The predicted octanol–water partition coefficient (Wildman–Crippen LogP) is 1.47. The quantitative estimate of drug-likeness (QED) is 0.760. The zero-order valence-corrected chi connectivity index (χ0v) is 15.0. The average Bonchev–Trinajstić information content (AvgIpc) is 3.05. The van der Waals surface area contributed by atoms with Crippen molar-refractivity contribution in [3.8, 4) is 5.75 Å². The van der Waals surface area contributed by atoms with Gasteiger partial charge in [-0.3, -0.25) is 9.59 Å². The smallest absolute Gasteiger partial charge is 0.228 e. The first-order chi connectivity index (χ1) is 13.1. The first-order valence-electron chi connectivity index (χ1n) is 8.91. The van der Waals surface area contributed by atoms with E-state index in [0.717, 1.165) is 17.5 Å². The van der Waals surface area contributed by atoms with Gasteiger partial charge in [0.2, 0.25) is 11.8 Å². The molecule has 27 heavy (non-hydrogen) atoms. The van der Waals surface area contributed by atoms with Crippen molar-refractivity contribution in [3.05, 3.63) is 53.2 Å². The summed E-state index contributed by atoms with van der Waals surface area (Å²) in [4.78, 5) is 29.3. The van der Waals surface area contributed by atoms with E-state index in [1.165, 1.54) is 0 Å². The number of aryl methyl sites for hydroxylation is 1. The fraction of sp³-hybridized carbons (Fsp3) is 0.350. The summed E-state index contributed by atoms with van der Waals surface area (Å²) in [6.45, 7) is -0.224. The molecule has 0 bridgehead atoms. The van der Waals surface area contributed by atoms with Crippen LogP contribution < -0.4 is 15.4 Å². The maximum absolute atomic E-state index is 13.1. The van der Waals surface area contributed by atoms with Gasteiger partial charge in [-0.25, -0.2) is 4.98 Å². The first kappa shape index (κ1) is 17.5. The van der Waals surface area contributed by atoms with E-state index in [1.54, 1.807) is 25.4 Å². The molecule has 3 N–H and O–H groups in total. The molecule has 1 aliphatic carbocycles. The summed E-state index contributed by atoms with van der Waals surface area (Å²) in [6.07, 6.45) is 2.98. The standard InChI is InChI=1S/C20H21N3O4/c1-27-13-5-4-12-6-7-20(11-24,16(12)9-13)23-19(26)15-10-17(25)22-18-14(15)3-2-8-21-18/h2-5,8-9,15,24H,6-7,10-11H2,1H3,(H,23,26)(H,21,22,25). The molecule has 140 valence electrons. The number of nitrogens with zero attached hydrogens (tertiary/aromatic N) is 1. The van der Waals surface area contributed by atoms with Crippen molar-refractivity contribution in [1.29, 1.82) is 0 Å². The van der Waals surface area contributed by atoms with Gasteiger partial charge in [0.1, 0.15) is 11.6 Å². The van der Waals surface area contributed by atoms with E-state index in [9.17, 15) is 14.7 Å². The van der Waals surface area contributed by atoms with Crippen molar-refractivity contribution in [2.75, 3.05) is 19.0 Å². The van der Waals surface area contributed by atoms with Gasteiger partial charge in [-0.2, -0.15) is 0 Å². The lowest BCUT2D eigenvalue weighted by Gasteiger charge is -2.33. The van der Waals surface area contributed by atoms with Crippen LogP contribution in [0, 0.1) is 0 Å².